The van der Waals surface area contributed by atoms with E-state index in [0.29, 0.717) is 19.7 Å². The standard InChI is InChI=1S/C24H31N3O3/c1-19-7-3-4-8-20(19)15-26-11-13-27(14-12-26)17-24(28)25(2)16-21-18-29-22-9-5-6-10-23(22)30-21/h3-10,21H,11-18H2,1-2H3/p+2/t21-/m0/s1. The first-order chi connectivity index (χ1) is 14.6. The third-order valence-electron chi connectivity index (χ3n) is 6.24. The summed E-state index contributed by atoms with van der Waals surface area (Å²) in [7, 11) is 1.87. The van der Waals surface area contributed by atoms with Crippen LogP contribution in [0.1, 0.15) is 11.1 Å². The Kier molecular flexibility index (Phi) is 6.55. The van der Waals surface area contributed by atoms with Gasteiger partial charge in [-0.1, -0.05) is 36.4 Å². The second kappa shape index (κ2) is 9.49. The van der Waals surface area contributed by atoms with Crippen LogP contribution < -0.4 is 19.3 Å². The zero-order valence-electron chi connectivity index (χ0n) is 18.0. The Hall–Kier alpha value is -2.57. The fraction of sp³-hybridized carbons (Fsp3) is 0.458. The van der Waals surface area contributed by atoms with Crippen molar-refractivity contribution in [3.8, 4) is 11.5 Å². The highest BCUT2D eigenvalue weighted by Crippen LogP contribution is 2.30. The van der Waals surface area contributed by atoms with Crippen LogP contribution in [-0.2, 0) is 11.3 Å². The minimum Gasteiger partial charge on any atom is -0.486 e. The van der Waals surface area contributed by atoms with Crippen molar-refractivity contribution in [2.24, 2.45) is 0 Å². The van der Waals surface area contributed by atoms with Crippen LogP contribution in [0, 0.1) is 6.92 Å². The molecular weight excluding hydrogens is 378 g/mol. The van der Waals surface area contributed by atoms with E-state index in [1.807, 2.05) is 31.3 Å². The minimum atomic E-state index is -0.126. The van der Waals surface area contributed by atoms with Crippen molar-refractivity contribution in [3.05, 3.63) is 59.7 Å². The first kappa shape index (κ1) is 20.7. The summed E-state index contributed by atoms with van der Waals surface area (Å²) in [6.07, 6.45) is -0.126. The molecule has 30 heavy (non-hydrogen) atoms. The van der Waals surface area contributed by atoms with Gasteiger partial charge in [0.25, 0.3) is 5.91 Å². The van der Waals surface area contributed by atoms with Gasteiger partial charge in [0.2, 0.25) is 0 Å². The van der Waals surface area contributed by atoms with Crippen molar-refractivity contribution < 1.29 is 24.1 Å². The smallest absolute Gasteiger partial charge is 0.277 e. The Morgan fingerprint density at radius 1 is 1.00 bits per heavy atom. The topological polar surface area (TPSA) is 47.7 Å². The molecule has 0 saturated carbocycles. The quantitative estimate of drug-likeness (QED) is 0.679. The van der Waals surface area contributed by atoms with Gasteiger partial charge in [0.1, 0.15) is 39.3 Å². The fourth-order valence-electron chi connectivity index (χ4n) is 4.30. The molecule has 160 valence electrons. The molecule has 1 amide bonds. The van der Waals surface area contributed by atoms with E-state index in [1.54, 1.807) is 9.80 Å². The number of fused-ring (bicyclic) bond motifs is 1. The molecule has 2 aromatic carbocycles. The molecule has 6 nitrogen and oxygen atoms in total. The third-order valence-corrected chi connectivity index (χ3v) is 6.24. The van der Waals surface area contributed by atoms with Gasteiger partial charge in [-0.3, -0.25) is 4.79 Å². The van der Waals surface area contributed by atoms with Gasteiger partial charge in [0.15, 0.2) is 24.1 Å². The SMILES string of the molecule is Cc1ccccc1C[NH+]1CC[NH+](CC(=O)N(C)C[C@H]2COc3ccccc3O2)CC1. The molecule has 0 radical (unpaired) electrons. The number of amides is 1. The van der Waals surface area contributed by atoms with Gasteiger partial charge in [-0.2, -0.15) is 0 Å². The van der Waals surface area contributed by atoms with E-state index in [0.717, 1.165) is 44.2 Å². The van der Waals surface area contributed by atoms with E-state index in [4.69, 9.17) is 9.47 Å². The lowest BCUT2D eigenvalue weighted by Gasteiger charge is -2.32. The second-order valence-corrected chi connectivity index (χ2v) is 8.55. The predicted molar refractivity (Wildman–Crippen MR) is 115 cm³/mol. The summed E-state index contributed by atoms with van der Waals surface area (Å²) in [5, 5.41) is 0. The molecule has 2 aliphatic heterocycles. The summed E-state index contributed by atoms with van der Waals surface area (Å²) >= 11 is 0. The Balaban J connectivity index is 1.21. The molecule has 0 spiro atoms. The number of aryl methyl sites for hydroxylation is 1. The Morgan fingerprint density at radius 2 is 1.67 bits per heavy atom. The first-order valence-electron chi connectivity index (χ1n) is 10.9. The van der Waals surface area contributed by atoms with Crippen LogP contribution in [0.4, 0.5) is 0 Å². The molecule has 6 heteroatoms. The van der Waals surface area contributed by atoms with Crippen molar-refractivity contribution in [3.63, 3.8) is 0 Å². The van der Waals surface area contributed by atoms with E-state index in [9.17, 15) is 4.79 Å². The molecule has 4 rings (SSSR count). The summed E-state index contributed by atoms with van der Waals surface area (Å²) in [5.41, 5.74) is 2.80. The van der Waals surface area contributed by atoms with E-state index in [1.165, 1.54) is 16.0 Å². The Bertz CT molecular complexity index is 864. The van der Waals surface area contributed by atoms with Gasteiger partial charge < -0.3 is 24.2 Å². The van der Waals surface area contributed by atoms with Crippen LogP contribution in [0.3, 0.4) is 0 Å². The largest absolute Gasteiger partial charge is 0.486 e. The average Bonchev–Trinajstić information content (AvgIpc) is 2.76. The predicted octanol–water partition coefficient (Wildman–Crippen LogP) is -0.423. The highest BCUT2D eigenvalue weighted by atomic mass is 16.6. The molecular formula is C24H33N3O3+2. The zero-order valence-corrected chi connectivity index (χ0v) is 18.0. The van der Waals surface area contributed by atoms with Crippen LogP contribution in [0.25, 0.3) is 0 Å². The van der Waals surface area contributed by atoms with Crippen LogP contribution in [0.15, 0.2) is 48.5 Å². The summed E-state index contributed by atoms with van der Waals surface area (Å²) in [4.78, 5) is 17.5. The van der Waals surface area contributed by atoms with Gasteiger partial charge in [0, 0.05) is 12.6 Å². The molecule has 0 aromatic heterocycles. The van der Waals surface area contributed by atoms with Crippen molar-refractivity contribution in [2.75, 3.05) is 52.9 Å². The van der Waals surface area contributed by atoms with E-state index in [-0.39, 0.29) is 12.0 Å². The number of para-hydroxylation sites is 2. The number of benzene rings is 2. The lowest BCUT2D eigenvalue weighted by atomic mass is 10.1. The van der Waals surface area contributed by atoms with Crippen molar-refractivity contribution in [1.29, 1.82) is 0 Å². The Labute approximate surface area is 179 Å². The average molecular weight is 412 g/mol. The number of piperazine rings is 1. The second-order valence-electron chi connectivity index (χ2n) is 8.55. The van der Waals surface area contributed by atoms with E-state index >= 15 is 0 Å². The van der Waals surface area contributed by atoms with Gasteiger partial charge in [-0.05, 0) is 24.6 Å². The van der Waals surface area contributed by atoms with Crippen LogP contribution in [0.5, 0.6) is 11.5 Å². The minimum absolute atomic E-state index is 0.126. The highest BCUT2D eigenvalue weighted by Gasteiger charge is 2.28. The zero-order chi connectivity index (χ0) is 20.9. The van der Waals surface area contributed by atoms with Crippen molar-refractivity contribution in [1.82, 2.24) is 4.90 Å². The Morgan fingerprint density at radius 3 is 2.43 bits per heavy atom. The highest BCUT2D eigenvalue weighted by molar-refractivity contribution is 5.76. The monoisotopic (exact) mass is 411 g/mol. The summed E-state index contributed by atoms with van der Waals surface area (Å²) < 4.78 is 11.8. The molecule has 0 bridgehead atoms. The maximum Gasteiger partial charge on any atom is 0.277 e. The number of nitrogens with zero attached hydrogens (tertiary/aromatic N) is 1. The van der Waals surface area contributed by atoms with Crippen molar-refractivity contribution in [2.45, 2.75) is 19.6 Å². The molecule has 2 aromatic rings. The van der Waals surface area contributed by atoms with Gasteiger partial charge >= 0.3 is 0 Å². The van der Waals surface area contributed by atoms with Gasteiger partial charge in [0.05, 0.1) is 6.54 Å². The summed E-state index contributed by atoms with van der Waals surface area (Å²) in [6, 6.07) is 16.3. The number of ether oxygens (including phenoxy) is 2. The molecule has 2 aliphatic rings. The van der Waals surface area contributed by atoms with Crippen molar-refractivity contribution >= 4 is 5.91 Å². The fourth-order valence-corrected chi connectivity index (χ4v) is 4.30. The van der Waals surface area contributed by atoms with Crippen LogP contribution >= 0.6 is 0 Å². The van der Waals surface area contributed by atoms with Crippen LogP contribution in [-0.4, -0.2) is 69.8 Å². The number of rotatable bonds is 6. The molecule has 2 N–H and O–H groups in total. The first-order valence-corrected chi connectivity index (χ1v) is 10.9. The maximum atomic E-state index is 12.7. The molecule has 2 heterocycles. The number of hydrogen-bond acceptors (Lipinski definition) is 3. The molecule has 0 unspecified atom stereocenters. The lowest BCUT2D eigenvalue weighted by Crippen LogP contribution is -3.28. The summed E-state index contributed by atoms with van der Waals surface area (Å²) in [6.45, 7) is 9.13. The van der Waals surface area contributed by atoms with Gasteiger partial charge in [-0.15, -0.1) is 0 Å². The maximum absolute atomic E-state index is 12.7. The molecule has 0 aliphatic carbocycles. The summed E-state index contributed by atoms with van der Waals surface area (Å²) in [5.74, 6) is 1.71. The van der Waals surface area contributed by atoms with Crippen LogP contribution in [0.2, 0.25) is 0 Å². The molecule has 1 saturated heterocycles. The number of carbonyl (C=O) groups excluding carboxylic acids is 1. The third kappa shape index (κ3) is 5.12. The number of likely N-dealkylation sites (N-methyl/N-ethyl adjacent to an activating group) is 1. The number of quaternary nitrogens is 2. The number of nitrogens with one attached hydrogen (secondary N) is 2. The number of hydrogen-bond donors (Lipinski definition) is 2. The van der Waals surface area contributed by atoms with E-state index < -0.39 is 0 Å². The molecule has 1 atom stereocenters. The number of carbonyl (C=O) groups is 1. The molecule has 1 fully saturated rings. The lowest BCUT2D eigenvalue weighted by molar-refractivity contribution is -1.02. The van der Waals surface area contributed by atoms with Gasteiger partial charge in [-0.25, -0.2) is 0 Å². The van der Waals surface area contributed by atoms with E-state index in [2.05, 4.69) is 31.2 Å². The normalized spacial score (nSPS) is 23.1.